The van der Waals surface area contributed by atoms with E-state index in [-0.39, 0.29) is 11.6 Å². The van der Waals surface area contributed by atoms with Crippen LogP contribution in [-0.4, -0.2) is 20.9 Å². The van der Waals surface area contributed by atoms with Crippen LogP contribution in [0.4, 0.5) is 17.5 Å². The van der Waals surface area contributed by atoms with Crippen molar-refractivity contribution >= 4 is 34.7 Å². The van der Waals surface area contributed by atoms with E-state index in [4.69, 9.17) is 16.2 Å². The van der Waals surface area contributed by atoms with E-state index < -0.39 is 5.91 Å². The molecule has 4 rings (SSSR count). The minimum absolute atomic E-state index is 0.134. The van der Waals surface area contributed by atoms with E-state index in [1.54, 1.807) is 29.5 Å². The Kier molecular flexibility index (Phi) is 5.04. The van der Waals surface area contributed by atoms with Gasteiger partial charge >= 0.3 is 0 Å². The Morgan fingerprint density at radius 2 is 1.93 bits per heavy atom. The van der Waals surface area contributed by atoms with Crippen LogP contribution in [0.15, 0.2) is 65.5 Å². The van der Waals surface area contributed by atoms with Gasteiger partial charge in [0.15, 0.2) is 0 Å². The van der Waals surface area contributed by atoms with E-state index in [0.717, 1.165) is 16.9 Å². The number of pyridine rings is 1. The van der Waals surface area contributed by atoms with Gasteiger partial charge < -0.3 is 21.5 Å². The Balaban J connectivity index is 1.55. The van der Waals surface area contributed by atoms with Gasteiger partial charge in [-0.1, -0.05) is 6.07 Å². The number of aromatic nitrogens is 3. The molecular formula is C20H16N6O2S. The molecule has 0 radical (unpaired) electrons. The average Bonchev–Trinajstić information content (AvgIpc) is 3.23. The fourth-order valence-electron chi connectivity index (χ4n) is 2.62. The molecule has 0 saturated heterocycles. The van der Waals surface area contributed by atoms with Gasteiger partial charge in [-0.3, -0.25) is 9.78 Å². The SMILES string of the molecule is NC(=O)c1cc(Oc2cccc(Nc3cc(-c4ccsc4)nc(N)n3)c2)ccn1. The third-order valence-electron chi connectivity index (χ3n) is 3.89. The van der Waals surface area contributed by atoms with Crippen molar-refractivity contribution in [2.45, 2.75) is 0 Å². The third kappa shape index (κ3) is 4.47. The molecule has 0 aliphatic carbocycles. The molecule has 0 fully saturated rings. The summed E-state index contributed by atoms with van der Waals surface area (Å²) in [4.78, 5) is 23.7. The van der Waals surface area contributed by atoms with Crippen LogP contribution in [0, 0.1) is 0 Å². The van der Waals surface area contributed by atoms with E-state index >= 15 is 0 Å². The lowest BCUT2D eigenvalue weighted by molar-refractivity contribution is 0.0995. The summed E-state index contributed by atoms with van der Waals surface area (Å²) in [5.41, 5.74) is 13.7. The second-order valence-corrected chi connectivity index (χ2v) is 6.78. The molecule has 0 unspecified atom stereocenters. The normalized spacial score (nSPS) is 10.5. The molecule has 9 heteroatoms. The van der Waals surface area contributed by atoms with Gasteiger partial charge in [-0.15, -0.1) is 0 Å². The number of nitrogens with zero attached hydrogens (tertiary/aromatic N) is 3. The molecule has 0 saturated carbocycles. The molecule has 3 heterocycles. The number of rotatable bonds is 6. The van der Waals surface area contributed by atoms with Crippen LogP contribution in [0.2, 0.25) is 0 Å². The van der Waals surface area contributed by atoms with E-state index in [0.29, 0.717) is 17.3 Å². The second-order valence-electron chi connectivity index (χ2n) is 6.00. The summed E-state index contributed by atoms with van der Waals surface area (Å²) in [5.74, 6) is 1.15. The summed E-state index contributed by atoms with van der Waals surface area (Å²) in [6.45, 7) is 0. The monoisotopic (exact) mass is 404 g/mol. The molecule has 0 spiro atoms. The summed E-state index contributed by atoms with van der Waals surface area (Å²) in [6, 6.07) is 14.2. The number of carbonyl (C=O) groups excluding carboxylic acids is 1. The maximum Gasteiger partial charge on any atom is 0.267 e. The zero-order valence-corrected chi connectivity index (χ0v) is 15.9. The van der Waals surface area contributed by atoms with Crippen LogP contribution >= 0.6 is 11.3 Å². The number of carbonyl (C=O) groups is 1. The number of nitrogens with one attached hydrogen (secondary N) is 1. The molecule has 0 aliphatic rings. The molecule has 29 heavy (non-hydrogen) atoms. The highest BCUT2D eigenvalue weighted by atomic mass is 32.1. The highest BCUT2D eigenvalue weighted by molar-refractivity contribution is 7.08. The zero-order valence-electron chi connectivity index (χ0n) is 15.1. The minimum Gasteiger partial charge on any atom is -0.457 e. The quantitative estimate of drug-likeness (QED) is 0.445. The minimum atomic E-state index is -0.617. The van der Waals surface area contributed by atoms with Crippen molar-refractivity contribution in [3.05, 3.63) is 71.2 Å². The molecule has 4 aromatic rings. The molecule has 0 atom stereocenters. The highest BCUT2D eigenvalue weighted by Crippen LogP contribution is 2.28. The first-order valence-electron chi connectivity index (χ1n) is 8.55. The smallest absolute Gasteiger partial charge is 0.267 e. The van der Waals surface area contributed by atoms with Gasteiger partial charge in [0.1, 0.15) is 23.0 Å². The molecule has 144 valence electrons. The van der Waals surface area contributed by atoms with Crippen molar-refractivity contribution in [3.63, 3.8) is 0 Å². The van der Waals surface area contributed by atoms with E-state index in [1.165, 1.54) is 12.3 Å². The van der Waals surface area contributed by atoms with Crippen LogP contribution in [0.5, 0.6) is 11.5 Å². The fourth-order valence-corrected chi connectivity index (χ4v) is 3.27. The van der Waals surface area contributed by atoms with E-state index in [2.05, 4.69) is 20.3 Å². The number of benzene rings is 1. The van der Waals surface area contributed by atoms with Gasteiger partial charge in [0.25, 0.3) is 5.91 Å². The lowest BCUT2D eigenvalue weighted by Gasteiger charge is -2.10. The number of nitrogens with two attached hydrogens (primary N) is 2. The lowest BCUT2D eigenvalue weighted by Crippen LogP contribution is -2.12. The predicted octanol–water partition coefficient (Wildman–Crippen LogP) is 3.82. The van der Waals surface area contributed by atoms with Crippen LogP contribution < -0.4 is 21.5 Å². The number of primary amides is 1. The Labute approximate surface area is 170 Å². The Bertz CT molecular complexity index is 1160. The predicted molar refractivity (Wildman–Crippen MR) is 112 cm³/mol. The largest absolute Gasteiger partial charge is 0.457 e. The topological polar surface area (TPSA) is 129 Å². The van der Waals surface area contributed by atoms with Crippen molar-refractivity contribution in [1.29, 1.82) is 0 Å². The van der Waals surface area contributed by atoms with E-state index in [1.807, 2.05) is 35.0 Å². The standard InChI is InChI=1S/C20H16N6O2S/c21-19(27)17-9-15(4-6-23-17)28-14-3-1-2-13(8-14)24-18-10-16(25-20(22)26-18)12-5-7-29-11-12/h1-11H,(H2,21,27)(H3,22,24,25,26). The number of thiophene rings is 1. The Morgan fingerprint density at radius 1 is 1.07 bits per heavy atom. The van der Waals surface area contributed by atoms with Crippen molar-refractivity contribution in [2.24, 2.45) is 5.73 Å². The van der Waals surface area contributed by atoms with Crippen molar-refractivity contribution in [3.8, 4) is 22.8 Å². The molecule has 8 nitrogen and oxygen atoms in total. The van der Waals surface area contributed by atoms with Gasteiger partial charge in [-0.25, -0.2) is 4.98 Å². The van der Waals surface area contributed by atoms with Crippen molar-refractivity contribution < 1.29 is 9.53 Å². The number of nitrogen functional groups attached to an aromatic ring is 1. The molecule has 1 aromatic carbocycles. The molecule has 3 aromatic heterocycles. The summed E-state index contributed by atoms with van der Waals surface area (Å²) < 4.78 is 5.81. The molecular weight excluding hydrogens is 388 g/mol. The van der Waals surface area contributed by atoms with E-state index in [9.17, 15) is 4.79 Å². The fraction of sp³-hybridized carbons (Fsp3) is 0. The van der Waals surface area contributed by atoms with Crippen LogP contribution in [0.3, 0.4) is 0 Å². The number of anilines is 3. The first kappa shape index (κ1) is 18.4. The van der Waals surface area contributed by atoms with Gasteiger partial charge in [0, 0.05) is 41.0 Å². The van der Waals surface area contributed by atoms with Crippen LogP contribution in [0.25, 0.3) is 11.3 Å². The number of amides is 1. The molecule has 0 aliphatic heterocycles. The van der Waals surface area contributed by atoms with Gasteiger partial charge in [-0.2, -0.15) is 16.3 Å². The highest BCUT2D eigenvalue weighted by Gasteiger charge is 2.08. The Hall–Kier alpha value is -3.98. The first-order valence-corrected chi connectivity index (χ1v) is 9.49. The number of hydrogen-bond donors (Lipinski definition) is 3. The van der Waals surface area contributed by atoms with Crippen molar-refractivity contribution in [2.75, 3.05) is 11.1 Å². The first-order chi connectivity index (χ1) is 14.1. The maximum atomic E-state index is 11.3. The summed E-state index contributed by atoms with van der Waals surface area (Å²) in [5, 5.41) is 7.18. The second kappa shape index (κ2) is 7.95. The van der Waals surface area contributed by atoms with Crippen molar-refractivity contribution in [1.82, 2.24) is 15.0 Å². The number of hydrogen-bond acceptors (Lipinski definition) is 8. The Morgan fingerprint density at radius 3 is 2.72 bits per heavy atom. The summed E-state index contributed by atoms with van der Waals surface area (Å²) in [6.07, 6.45) is 1.47. The third-order valence-corrected chi connectivity index (χ3v) is 4.57. The zero-order chi connectivity index (χ0) is 20.2. The van der Waals surface area contributed by atoms with Gasteiger partial charge in [-0.05, 0) is 29.6 Å². The number of ether oxygens (including phenoxy) is 1. The molecule has 0 bridgehead atoms. The lowest BCUT2D eigenvalue weighted by atomic mass is 10.2. The van der Waals surface area contributed by atoms with Gasteiger partial charge in [0.2, 0.25) is 5.95 Å². The van der Waals surface area contributed by atoms with Gasteiger partial charge in [0.05, 0.1) is 5.69 Å². The maximum absolute atomic E-state index is 11.3. The molecule has 1 amide bonds. The molecule has 5 N–H and O–H groups in total. The van der Waals surface area contributed by atoms with Crippen LogP contribution in [0.1, 0.15) is 10.5 Å². The van der Waals surface area contributed by atoms with Crippen LogP contribution in [-0.2, 0) is 0 Å². The summed E-state index contributed by atoms with van der Waals surface area (Å²) in [7, 11) is 0. The average molecular weight is 404 g/mol. The summed E-state index contributed by atoms with van der Waals surface area (Å²) >= 11 is 1.58.